The molecule has 0 aromatic heterocycles. The van der Waals surface area contributed by atoms with E-state index in [1.165, 1.54) is 23.8 Å². The zero-order valence-corrected chi connectivity index (χ0v) is 13.2. The Morgan fingerprint density at radius 1 is 1.21 bits per heavy atom. The second-order valence-corrected chi connectivity index (χ2v) is 5.99. The number of nitro benzene ring substituents is 1. The lowest BCUT2D eigenvalue weighted by molar-refractivity contribution is -0.384. The van der Waals surface area contributed by atoms with E-state index in [9.17, 15) is 14.9 Å². The van der Waals surface area contributed by atoms with E-state index >= 15 is 0 Å². The fraction of sp³-hybridized carbons (Fsp3) is 0.278. The molecule has 1 aliphatic rings. The molecule has 1 N–H and O–H groups in total. The largest absolute Gasteiger partial charge is 0.348 e. The van der Waals surface area contributed by atoms with Crippen LogP contribution in [-0.2, 0) is 6.54 Å². The standard InChI is InChI=1S/C18H19N3O3/c22-18(15-7-4-8-17(11-15)21(23)24)19-16-9-10-20(13-16)12-14-5-2-1-3-6-14/h1-8,11,16H,9-10,12-13H2,(H,19,22)/t16-/m1/s1. The van der Waals surface area contributed by atoms with Gasteiger partial charge in [0.05, 0.1) is 4.92 Å². The highest BCUT2D eigenvalue weighted by atomic mass is 16.6. The van der Waals surface area contributed by atoms with Gasteiger partial charge in [0.2, 0.25) is 0 Å². The number of amides is 1. The smallest absolute Gasteiger partial charge is 0.270 e. The van der Waals surface area contributed by atoms with Gasteiger partial charge in [0.15, 0.2) is 0 Å². The van der Waals surface area contributed by atoms with Gasteiger partial charge in [0, 0.05) is 43.4 Å². The molecule has 0 bridgehead atoms. The topological polar surface area (TPSA) is 75.5 Å². The van der Waals surface area contributed by atoms with E-state index in [1.807, 2.05) is 18.2 Å². The van der Waals surface area contributed by atoms with Crippen LogP contribution in [0.3, 0.4) is 0 Å². The first-order valence-corrected chi connectivity index (χ1v) is 7.93. The van der Waals surface area contributed by atoms with Crippen LogP contribution in [0.2, 0.25) is 0 Å². The molecule has 0 radical (unpaired) electrons. The summed E-state index contributed by atoms with van der Waals surface area (Å²) in [6.07, 6.45) is 0.882. The Bertz CT molecular complexity index is 733. The lowest BCUT2D eigenvalue weighted by Gasteiger charge is -2.16. The zero-order chi connectivity index (χ0) is 16.9. The van der Waals surface area contributed by atoms with Crippen molar-refractivity contribution >= 4 is 11.6 Å². The highest BCUT2D eigenvalue weighted by Crippen LogP contribution is 2.16. The van der Waals surface area contributed by atoms with Crippen molar-refractivity contribution in [1.29, 1.82) is 0 Å². The van der Waals surface area contributed by atoms with Crippen LogP contribution in [0.5, 0.6) is 0 Å². The fourth-order valence-electron chi connectivity index (χ4n) is 2.97. The van der Waals surface area contributed by atoms with E-state index in [1.54, 1.807) is 6.07 Å². The number of rotatable bonds is 5. The maximum atomic E-state index is 12.3. The molecule has 0 saturated carbocycles. The molecule has 3 rings (SSSR count). The van der Waals surface area contributed by atoms with E-state index in [0.29, 0.717) is 5.56 Å². The Hall–Kier alpha value is -2.73. The van der Waals surface area contributed by atoms with E-state index in [-0.39, 0.29) is 17.6 Å². The predicted molar refractivity (Wildman–Crippen MR) is 90.7 cm³/mol. The summed E-state index contributed by atoms with van der Waals surface area (Å²) in [7, 11) is 0. The Balaban J connectivity index is 1.56. The van der Waals surface area contributed by atoms with Crippen LogP contribution in [0.4, 0.5) is 5.69 Å². The number of carbonyl (C=O) groups is 1. The first-order valence-electron chi connectivity index (χ1n) is 7.93. The third kappa shape index (κ3) is 3.97. The van der Waals surface area contributed by atoms with Crippen molar-refractivity contribution in [1.82, 2.24) is 10.2 Å². The number of nitrogens with zero attached hydrogens (tertiary/aromatic N) is 2. The minimum Gasteiger partial charge on any atom is -0.348 e. The van der Waals surface area contributed by atoms with Gasteiger partial charge in [-0.2, -0.15) is 0 Å². The number of nitrogens with one attached hydrogen (secondary N) is 1. The number of hydrogen-bond acceptors (Lipinski definition) is 4. The van der Waals surface area contributed by atoms with Gasteiger partial charge in [-0.3, -0.25) is 19.8 Å². The van der Waals surface area contributed by atoms with E-state index in [2.05, 4.69) is 22.3 Å². The summed E-state index contributed by atoms with van der Waals surface area (Å²) >= 11 is 0. The molecule has 1 amide bonds. The molecule has 6 nitrogen and oxygen atoms in total. The second-order valence-electron chi connectivity index (χ2n) is 5.99. The third-order valence-corrected chi connectivity index (χ3v) is 4.18. The fourth-order valence-corrected chi connectivity index (χ4v) is 2.97. The van der Waals surface area contributed by atoms with Crippen molar-refractivity contribution in [2.24, 2.45) is 0 Å². The highest BCUT2D eigenvalue weighted by Gasteiger charge is 2.24. The third-order valence-electron chi connectivity index (χ3n) is 4.18. The molecule has 1 saturated heterocycles. The summed E-state index contributed by atoms with van der Waals surface area (Å²) in [6, 6.07) is 16.1. The molecule has 2 aromatic rings. The number of carbonyl (C=O) groups excluding carboxylic acids is 1. The molecule has 124 valence electrons. The Kier molecular flexibility index (Phi) is 4.86. The van der Waals surface area contributed by atoms with Crippen LogP contribution in [0.15, 0.2) is 54.6 Å². The van der Waals surface area contributed by atoms with Crippen LogP contribution in [-0.4, -0.2) is 34.9 Å². The first-order chi connectivity index (χ1) is 11.6. The quantitative estimate of drug-likeness (QED) is 0.677. The molecule has 2 aromatic carbocycles. The number of benzene rings is 2. The van der Waals surface area contributed by atoms with Gasteiger partial charge >= 0.3 is 0 Å². The molecule has 1 fully saturated rings. The molecule has 0 spiro atoms. The van der Waals surface area contributed by atoms with E-state index in [0.717, 1.165) is 26.1 Å². The summed E-state index contributed by atoms with van der Waals surface area (Å²) < 4.78 is 0. The summed E-state index contributed by atoms with van der Waals surface area (Å²) in [6.45, 7) is 2.58. The summed E-state index contributed by atoms with van der Waals surface area (Å²) in [5.41, 5.74) is 1.51. The number of nitro groups is 1. The Labute approximate surface area is 140 Å². The molecule has 0 unspecified atom stereocenters. The lowest BCUT2D eigenvalue weighted by atomic mass is 10.1. The lowest BCUT2D eigenvalue weighted by Crippen LogP contribution is -2.37. The molecule has 6 heteroatoms. The molecule has 24 heavy (non-hydrogen) atoms. The van der Waals surface area contributed by atoms with Crippen LogP contribution in [0, 0.1) is 10.1 Å². The van der Waals surface area contributed by atoms with Gasteiger partial charge in [-0.25, -0.2) is 0 Å². The van der Waals surface area contributed by atoms with Crippen LogP contribution >= 0.6 is 0 Å². The first kappa shape index (κ1) is 16.1. The van der Waals surface area contributed by atoms with Crippen molar-refractivity contribution in [3.8, 4) is 0 Å². The average Bonchev–Trinajstić information content (AvgIpc) is 3.02. The van der Waals surface area contributed by atoms with Gasteiger partial charge in [-0.15, -0.1) is 0 Å². The summed E-state index contributed by atoms with van der Waals surface area (Å²) in [5, 5.41) is 13.8. The summed E-state index contributed by atoms with van der Waals surface area (Å²) in [4.78, 5) is 24.9. The van der Waals surface area contributed by atoms with Crippen LogP contribution < -0.4 is 5.32 Å². The van der Waals surface area contributed by atoms with Crippen molar-refractivity contribution in [3.05, 3.63) is 75.8 Å². The monoisotopic (exact) mass is 325 g/mol. The van der Waals surface area contributed by atoms with Gasteiger partial charge in [-0.1, -0.05) is 36.4 Å². The molecule has 1 aliphatic heterocycles. The average molecular weight is 325 g/mol. The summed E-state index contributed by atoms with van der Waals surface area (Å²) in [5.74, 6) is -0.259. The number of non-ortho nitro benzene ring substituents is 1. The van der Waals surface area contributed by atoms with Crippen molar-refractivity contribution in [3.63, 3.8) is 0 Å². The Morgan fingerprint density at radius 2 is 2.00 bits per heavy atom. The normalized spacial score (nSPS) is 17.6. The molecular weight excluding hydrogens is 306 g/mol. The number of likely N-dealkylation sites (tertiary alicyclic amines) is 1. The second kappa shape index (κ2) is 7.23. The minimum atomic E-state index is -0.492. The van der Waals surface area contributed by atoms with Crippen molar-refractivity contribution in [2.75, 3.05) is 13.1 Å². The zero-order valence-electron chi connectivity index (χ0n) is 13.2. The minimum absolute atomic E-state index is 0.0697. The van der Waals surface area contributed by atoms with E-state index < -0.39 is 4.92 Å². The van der Waals surface area contributed by atoms with Crippen LogP contribution in [0.1, 0.15) is 22.3 Å². The molecular formula is C18H19N3O3. The predicted octanol–water partition coefficient (Wildman–Crippen LogP) is 2.60. The maximum Gasteiger partial charge on any atom is 0.270 e. The van der Waals surface area contributed by atoms with E-state index in [4.69, 9.17) is 0 Å². The number of hydrogen-bond donors (Lipinski definition) is 1. The van der Waals surface area contributed by atoms with Gasteiger partial charge in [0.1, 0.15) is 0 Å². The van der Waals surface area contributed by atoms with Crippen molar-refractivity contribution < 1.29 is 9.72 Å². The van der Waals surface area contributed by atoms with Gasteiger partial charge in [0.25, 0.3) is 11.6 Å². The molecule has 0 aliphatic carbocycles. The van der Waals surface area contributed by atoms with Gasteiger partial charge < -0.3 is 5.32 Å². The highest BCUT2D eigenvalue weighted by molar-refractivity contribution is 5.95. The van der Waals surface area contributed by atoms with Crippen LogP contribution in [0.25, 0.3) is 0 Å². The Morgan fingerprint density at radius 3 is 2.75 bits per heavy atom. The molecule has 1 heterocycles. The molecule has 1 atom stereocenters. The maximum absolute atomic E-state index is 12.3. The SMILES string of the molecule is O=C(N[C@@H]1CCN(Cc2ccccc2)C1)c1cccc([N+](=O)[O-])c1. The van der Waals surface area contributed by atoms with Gasteiger partial charge in [-0.05, 0) is 18.1 Å². The van der Waals surface area contributed by atoms with Crippen molar-refractivity contribution in [2.45, 2.75) is 19.0 Å².